The van der Waals surface area contributed by atoms with E-state index in [0.29, 0.717) is 5.95 Å². The first kappa shape index (κ1) is 63.2. The van der Waals surface area contributed by atoms with Crippen LogP contribution in [0.4, 0.5) is 0 Å². The number of hydrogen-bond acceptors (Lipinski definition) is 6. The van der Waals surface area contributed by atoms with Crippen LogP contribution in [0.3, 0.4) is 0 Å². The maximum atomic E-state index is 7.06. The van der Waals surface area contributed by atoms with Gasteiger partial charge < -0.3 is 23.6 Å². The lowest BCUT2D eigenvalue weighted by atomic mass is 9.61. The van der Waals surface area contributed by atoms with Crippen LogP contribution in [0.25, 0.3) is 149 Å². The summed E-state index contributed by atoms with van der Waals surface area (Å²) in [6.07, 6.45) is 0. The van der Waals surface area contributed by atoms with Crippen LogP contribution in [0.2, 0.25) is 5.28 Å². The molecule has 10 heterocycles. The van der Waals surface area contributed by atoms with Crippen molar-refractivity contribution in [2.24, 2.45) is 0 Å². The molecule has 2 spiro atoms. The van der Waals surface area contributed by atoms with Crippen molar-refractivity contribution >= 4 is 121 Å². The van der Waals surface area contributed by atoms with E-state index >= 15 is 0 Å². The van der Waals surface area contributed by atoms with Gasteiger partial charge in [-0.3, -0.25) is 4.57 Å². The van der Waals surface area contributed by atoms with Crippen molar-refractivity contribution in [3.05, 3.63) is 414 Å². The molecule has 528 valence electrons. The Morgan fingerprint density at radius 3 is 1.23 bits per heavy atom. The highest BCUT2D eigenvalue weighted by molar-refractivity contribution is 6.29. The number of fused-ring (bicyclic) bond motifs is 30. The first-order valence-electron chi connectivity index (χ1n) is 38.2. The number of halogens is 1. The van der Waals surface area contributed by atoms with Crippen molar-refractivity contribution in [3.8, 4) is 62.8 Å². The van der Waals surface area contributed by atoms with Crippen molar-refractivity contribution < 1.29 is 9.47 Å². The number of para-hydroxylation sites is 12. The SMILES string of the molecule is Clc1nc(-c2ccccc2)c2ccccc2n1.c1ccc(-c2nc(-n3c4ccccc4c4cc5c(cc43)Oc3ccccc3C53c4ccccc4-n4c5ccccc5c5cccc3c54)nc3ccccc23)cc1.c1ccc2c(c1)Oc1cc3[nH]c4ccccc4c3cc1C21c2ccccc2-n2c3ccccc3c3cccc1c32. The molecular weight excluding hydrogens is 1400 g/mol. The zero-order valence-electron chi connectivity index (χ0n) is 60.5. The molecule has 6 aromatic heterocycles. The Bertz CT molecular complexity index is 7810. The standard InChI is InChI=1S/C51H30N4O.C37H22N2O.C14H9ClN2/c1-2-15-31(16-3-1)48-35-19-4-9-24-41(35)52-50(53-48)55-43-26-11-6-18-33(43)36-29-40-47(30-45(36)55)56-46-28-13-8-22-38(46)51(40)37-21-7-12-27-44(37)54-42-25-10-5-17-32(42)34-20-14-23-39(51)49(34)54;1-5-16-30-22(10-1)25-20-29-35(21-31(25)38-30)40-34-19-8-4-14-27(34)37(29)26-13-3-7-18-33(26)39-32-17-6-2-11-23(32)24-12-9-15-28(37)36(24)39;15-14-16-12-9-5-4-8-11(12)13(17-14)10-6-2-1-3-7-10/h1-30H;1-21,38H;1-9H. The van der Waals surface area contributed by atoms with Gasteiger partial charge in [-0.1, -0.05) is 279 Å². The van der Waals surface area contributed by atoms with E-state index in [1.807, 2.05) is 66.7 Å². The Morgan fingerprint density at radius 1 is 0.257 bits per heavy atom. The lowest BCUT2D eigenvalue weighted by Gasteiger charge is -2.45. The Kier molecular flexibility index (Phi) is 13.5. The summed E-state index contributed by atoms with van der Waals surface area (Å²) in [7, 11) is 0. The van der Waals surface area contributed by atoms with Crippen LogP contribution in [0.1, 0.15) is 44.5 Å². The molecule has 11 heteroatoms. The average molecular weight is 1470 g/mol. The molecule has 4 aliphatic heterocycles. The molecule has 2 unspecified atom stereocenters. The van der Waals surface area contributed by atoms with E-state index in [2.05, 4.69) is 326 Å². The Hall–Kier alpha value is -14.7. The van der Waals surface area contributed by atoms with E-state index in [9.17, 15) is 0 Å². The number of aromatic amines is 1. The maximum absolute atomic E-state index is 7.06. The second-order valence-corrected chi connectivity index (χ2v) is 29.9. The smallest absolute Gasteiger partial charge is 0.235 e. The van der Waals surface area contributed by atoms with E-state index in [-0.39, 0.29) is 5.28 Å². The predicted molar refractivity (Wildman–Crippen MR) is 458 cm³/mol. The third-order valence-corrected chi connectivity index (χ3v) is 24.1. The first-order chi connectivity index (χ1) is 56.0. The molecule has 1 N–H and O–H groups in total. The fourth-order valence-corrected chi connectivity index (χ4v) is 19.7. The van der Waals surface area contributed by atoms with Gasteiger partial charge in [-0.15, -0.1) is 0 Å². The number of rotatable bonds is 3. The van der Waals surface area contributed by atoms with Gasteiger partial charge in [0.25, 0.3) is 0 Å². The van der Waals surface area contributed by atoms with Crippen LogP contribution in [-0.2, 0) is 10.8 Å². The second kappa shape index (κ2) is 24.1. The summed E-state index contributed by atoms with van der Waals surface area (Å²) in [6.45, 7) is 0. The fraction of sp³-hybridized carbons (Fsp3) is 0.0196. The summed E-state index contributed by atoms with van der Waals surface area (Å²) >= 11 is 5.95. The number of ether oxygens (including phenoxy) is 2. The number of nitrogens with one attached hydrogen (secondary N) is 1. The van der Waals surface area contributed by atoms with E-state index in [1.54, 1.807) is 0 Å². The molecule has 10 nitrogen and oxygen atoms in total. The summed E-state index contributed by atoms with van der Waals surface area (Å²) in [5.74, 6) is 4.10. The minimum Gasteiger partial charge on any atom is -0.457 e. The number of aromatic nitrogens is 8. The zero-order chi connectivity index (χ0) is 74.2. The zero-order valence-corrected chi connectivity index (χ0v) is 61.2. The molecular formula is C102H61ClN8O2. The van der Waals surface area contributed by atoms with Crippen molar-refractivity contribution in [3.63, 3.8) is 0 Å². The monoisotopic (exact) mass is 1460 g/mol. The summed E-state index contributed by atoms with van der Waals surface area (Å²) < 4.78 is 21.0. The highest BCUT2D eigenvalue weighted by Gasteiger charge is 2.53. The lowest BCUT2D eigenvalue weighted by molar-refractivity contribution is 0.434. The molecule has 26 rings (SSSR count). The van der Waals surface area contributed by atoms with E-state index in [0.717, 1.165) is 111 Å². The van der Waals surface area contributed by atoms with Crippen LogP contribution in [-0.4, -0.2) is 38.6 Å². The normalized spacial score (nSPS) is 15.2. The molecule has 0 saturated heterocycles. The molecule has 2 atom stereocenters. The molecule has 0 aliphatic carbocycles. The molecule has 16 aromatic carbocycles. The van der Waals surface area contributed by atoms with Crippen LogP contribution >= 0.6 is 11.6 Å². The molecule has 0 fully saturated rings. The molecule has 0 amide bonds. The number of benzene rings is 16. The number of nitrogens with zero attached hydrogens (tertiary/aromatic N) is 7. The van der Waals surface area contributed by atoms with Gasteiger partial charge in [-0.05, 0) is 107 Å². The topological polar surface area (TPSA) is 101 Å². The maximum Gasteiger partial charge on any atom is 0.235 e. The third kappa shape index (κ3) is 8.89. The summed E-state index contributed by atoms with van der Waals surface area (Å²) in [6, 6.07) is 129. The molecule has 22 aromatic rings. The van der Waals surface area contributed by atoms with Crippen LogP contribution in [0.15, 0.2) is 364 Å². The van der Waals surface area contributed by atoms with Gasteiger partial charge in [0.15, 0.2) is 0 Å². The lowest BCUT2D eigenvalue weighted by Crippen LogP contribution is -2.37. The van der Waals surface area contributed by atoms with E-state index in [4.69, 9.17) is 31.0 Å². The van der Waals surface area contributed by atoms with Gasteiger partial charge in [0.05, 0.1) is 83.2 Å². The highest BCUT2D eigenvalue weighted by Crippen LogP contribution is 2.64. The number of H-pyrrole nitrogens is 1. The van der Waals surface area contributed by atoms with Gasteiger partial charge in [0.2, 0.25) is 11.2 Å². The summed E-state index contributed by atoms with van der Waals surface area (Å²) in [5.41, 5.74) is 25.7. The Labute approximate surface area is 651 Å². The van der Waals surface area contributed by atoms with Crippen LogP contribution in [0, 0.1) is 0 Å². The van der Waals surface area contributed by atoms with Crippen LogP contribution in [0.5, 0.6) is 23.0 Å². The van der Waals surface area contributed by atoms with Crippen molar-refractivity contribution in [2.75, 3.05) is 0 Å². The van der Waals surface area contributed by atoms with Gasteiger partial charge in [0.1, 0.15) is 23.0 Å². The minimum absolute atomic E-state index is 0.280. The fourth-order valence-electron chi connectivity index (χ4n) is 19.5. The second-order valence-electron chi connectivity index (χ2n) is 29.6. The Balaban J connectivity index is 0.000000112. The summed E-state index contributed by atoms with van der Waals surface area (Å²) in [4.78, 5) is 22.8. The average Bonchev–Trinajstić information content (AvgIpc) is 1.64. The highest BCUT2D eigenvalue weighted by atomic mass is 35.5. The number of hydrogen-bond donors (Lipinski definition) is 1. The third-order valence-electron chi connectivity index (χ3n) is 24.0. The molecule has 0 radical (unpaired) electrons. The Morgan fingerprint density at radius 2 is 0.664 bits per heavy atom. The largest absolute Gasteiger partial charge is 0.457 e. The van der Waals surface area contributed by atoms with Gasteiger partial charge in [-0.25, -0.2) is 19.9 Å². The van der Waals surface area contributed by atoms with Crippen molar-refractivity contribution in [1.29, 1.82) is 0 Å². The van der Waals surface area contributed by atoms with Gasteiger partial charge >= 0.3 is 0 Å². The molecule has 0 bridgehead atoms. The molecule has 4 aliphatic rings. The van der Waals surface area contributed by atoms with Gasteiger partial charge in [0, 0.05) is 105 Å². The van der Waals surface area contributed by atoms with Gasteiger partial charge in [-0.2, -0.15) is 0 Å². The van der Waals surface area contributed by atoms with E-state index in [1.165, 1.54) is 99.1 Å². The first-order valence-corrected chi connectivity index (χ1v) is 38.6. The minimum atomic E-state index is -0.665. The summed E-state index contributed by atoms with van der Waals surface area (Å²) in [5, 5.41) is 12.1. The van der Waals surface area contributed by atoms with Crippen molar-refractivity contribution in [1.82, 2.24) is 38.6 Å². The van der Waals surface area contributed by atoms with E-state index < -0.39 is 10.8 Å². The molecule has 113 heavy (non-hydrogen) atoms. The van der Waals surface area contributed by atoms with Crippen molar-refractivity contribution in [2.45, 2.75) is 10.8 Å². The van der Waals surface area contributed by atoms with Crippen LogP contribution < -0.4 is 9.47 Å². The quantitative estimate of drug-likeness (QED) is 0.177. The molecule has 0 saturated carbocycles. The predicted octanol–water partition coefficient (Wildman–Crippen LogP) is 25.5.